The molecule has 4 nitrogen and oxygen atoms in total. The smallest absolute Gasteiger partial charge is 0.233 e. The van der Waals surface area contributed by atoms with Crippen molar-refractivity contribution >= 4 is 0 Å². The molecule has 0 saturated carbocycles. The van der Waals surface area contributed by atoms with Gasteiger partial charge in [0.25, 0.3) is 0 Å². The maximum atomic E-state index is 12.9. The van der Waals surface area contributed by atoms with E-state index in [1.807, 2.05) is 0 Å². The Kier molecular flexibility index (Phi) is 3.25. The summed E-state index contributed by atoms with van der Waals surface area (Å²) >= 11 is 0. The van der Waals surface area contributed by atoms with E-state index < -0.39 is 40.6 Å². The third kappa shape index (κ3) is 2.66. The zero-order valence-electron chi connectivity index (χ0n) is 7.28. The van der Waals surface area contributed by atoms with Gasteiger partial charge < -0.3 is 5.11 Å². The molecule has 0 bridgehead atoms. The molecule has 15 heavy (non-hydrogen) atoms. The Morgan fingerprint density at radius 1 is 1.33 bits per heavy atom. The average Bonchev–Trinajstić information content (AvgIpc) is 1.99. The fraction of sp³-hybridized carbons (Fsp3) is 0.250. The number of nitrogens with zero attached hydrogens (tertiary/aromatic N) is 1. The third-order valence-corrected chi connectivity index (χ3v) is 1.70. The molecule has 0 unspecified atom stereocenters. The highest BCUT2D eigenvalue weighted by Gasteiger charge is 2.23. The standard InChI is InChI=1S/C8H6F3NO3/c9-4-1-5(10)8(6(11)2-4)7(13)3-12(14)15/h1-2,7,13H,3H2/t7-/m0/s1. The Morgan fingerprint density at radius 3 is 2.20 bits per heavy atom. The van der Waals surface area contributed by atoms with Crippen LogP contribution in [0.25, 0.3) is 0 Å². The highest BCUT2D eigenvalue weighted by Crippen LogP contribution is 2.21. The van der Waals surface area contributed by atoms with Crippen LogP contribution in [0.1, 0.15) is 11.7 Å². The summed E-state index contributed by atoms with van der Waals surface area (Å²) in [5, 5.41) is 19.1. The van der Waals surface area contributed by atoms with Crippen LogP contribution < -0.4 is 0 Å². The van der Waals surface area contributed by atoms with Gasteiger partial charge in [0.15, 0.2) is 0 Å². The summed E-state index contributed by atoms with van der Waals surface area (Å²) < 4.78 is 38.3. The van der Waals surface area contributed by atoms with Gasteiger partial charge in [0.05, 0.1) is 5.56 Å². The molecular weight excluding hydrogens is 215 g/mol. The SMILES string of the molecule is O=[N+]([O-])C[C@H](O)c1c(F)cc(F)cc1F. The van der Waals surface area contributed by atoms with Crippen LogP contribution in [0.3, 0.4) is 0 Å². The predicted octanol–water partition coefficient (Wildman–Crippen LogP) is 1.41. The Hall–Kier alpha value is -1.63. The minimum Gasteiger partial charge on any atom is -0.381 e. The molecule has 0 saturated heterocycles. The van der Waals surface area contributed by atoms with Crippen molar-refractivity contribution in [3.8, 4) is 0 Å². The van der Waals surface area contributed by atoms with Gasteiger partial charge in [0.2, 0.25) is 6.54 Å². The number of hydrogen-bond donors (Lipinski definition) is 1. The molecule has 0 radical (unpaired) electrons. The predicted molar refractivity (Wildman–Crippen MR) is 43.1 cm³/mol. The van der Waals surface area contributed by atoms with E-state index in [9.17, 15) is 23.3 Å². The van der Waals surface area contributed by atoms with Crippen LogP contribution in [0.15, 0.2) is 12.1 Å². The Bertz CT molecular complexity index is 374. The summed E-state index contributed by atoms with van der Waals surface area (Å²) in [6.07, 6.45) is -1.93. The van der Waals surface area contributed by atoms with Crippen molar-refractivity contribution in [2.24, 2.45) is 0 Å². The summed E-state index contributed by atoms with van der Waals surface area (Å²) in [6.45, 7) is -1.04. The molecule has 0 aliphatic rings. The number of aliphatic hydroxyl groups excluding tert-OH is 1. The van der Waals surface area contributed by atoms with Crippen molar-refractivity contribution in [2.45, 2.75) is 6.10 Å². The lowest BCUT2D eigenvalue weighted by Gasteiger charge is -2.08. The maximum absolute atomic E-state index is 12.9. The van der Waals surface area contributed by atoms with Crippen molar-refractivity contribution < 1.29 is 23.2 Å². The molecule has 1 aromatic rings. The zero-order valence-corrected chi connectivity index (χ0v) is 7.28. The van der Waals surface area contributed by atoms with Gasteiger partial charge in [0.1, 0.15) is 23.6 Å². The van der Waals surface area contributed by atoms with Crippen LogP contribution in [0.5, 0.6) is 0 Å². The molecule has 1 aromatic carbocycles. The van der Waals surface area contributed by atoms with Crippen LogP contribution in [0.2, 0.25) is 0 Å². The summed E-state index contributed by atoms with van der Waals surface area (Å²) in [4.78, 5) is 9.08. The first kappa shape index (κ1) is 11.4. The average molecular weight is 221 g/mol. The fourth-order valence-corrected chi connectivity index (χ4v) is 1.10. The van der Waals surface area contributed by atoms with Gasteiger partial charge in [-0.2, -0.15) is 0 Å². The summed E-state index contributed by atoms with van der Waals surface area (Å²) in [5.74, 6) is -3.84. The number of halogens is 3. The summed E-state index contributed by atoms with van der Waals surface area (Å²) in [6, 6.07) is 0.698. The van der Waals surface area contributed by atoms with E-state index in [0.717, 1.165) is 0 Å². The molecular formula is C8H6F3NO3. The lowest BCUT2D eigenvalue weighted by Crippen LogP contribution is -2.15. The molecule has 0 heterocycles. The van der Waals surface area contributed by atoms with E-state index in [0.29, 0.717) is 12.1 Å². The molecule has 0 aromatic heterocycles. The second-order valence-corrected chi connectivity index (χ2v) is 2.81. The van der Waals surface area contributed by atoms with Gasteiger partial charge in [-0.25, -0.2) is 13.2 Å². The van der Waals surface area contributed by atoms with E-state index in [-0.39, 0.29) is 0 Å². The molecule has 0 fully saturated rings. The van der Waals surface area contributed by atoms with Crippen molar-refractivity contribution in [2.75, 3.05) is 6.54 Å². The van der Waals surface area contributed by atoms with Crippen molar-refractivity contribution in [3.05, 3.63) is 45.3 Å². The number of hydrogen-bond acceptors (Lipinski definition) is 3. The van der Waals surface area contributed by atoms with Crippen LogP contribution in [-0.2, 0) is 0 Å². The molecule has 0 aliphatic heterocycles. The fourth-order valence-electron chi connectivity index (χ4n) is 1.10. The van der Waals surface area contributed by atoms with E-state index in [2.05, 4.69) is 0 Å². The van der Waals surface area contributed by atoms with Gasteiger partial charge in [-0.05, 0) is 0 Å². The number of rotatable bonds is 3. The van der Waals surface area contributed by atoms with Crippen LogP contribution >= 0.6 is 0 Å². The van der Waals surface area contributed by atoms with E-state index >= 15 is 0 Å². The Morgan fingerprint density at radius 2 is 1.80 bits per heavy atom. The molecule has 0 spiro atoms. The maximum Gasteiger partial charge on any atom is 0.233 e. The van der Waals surface area contributed by atoms with Crippen LogP contribution in [0.4, 0.5) is 13.2 Å². The zero-order chi connectivity index (χ0) is 11.6. The number of nitro groups is 1. The molecule has 1 atom stereocenters. The largest absolute Gasteiger partial charge is 0.381 e. The van der Waals surface area contributed by atoms with Gasteiger partial charge in [-0.1, -0.05) is 0 Å². The lowest BCUT2D eigenvalue weighted by molar-refractivity contribution is -0.491. The monoisotopic (exact) mass is 221 g/mol. The van der Waals surface area contributed by atoms with Gasteiger partial charge in [-0.3, -0.25) is 10.1 Å². The molecule has 7 heteroatoms. The number of benzene rings is 1. The molecule has 1 rings (SSSR count). The van der Waals surface area contributed by atoms with Gasteiger partial charge in [-0.15, -0.1) is 0 Å². The summed E-state index contributed by atoms with van der Waals surface area (Å²) in [5.41, 5.74) is -0.895. The van der Waals surface area contributed by atoms with Crippen LogP contribution in [-0.4, -0.2) is 16.6 Å². The topological polar surface area (TPSA) is 63.4 Å². The minimum atomic E-state index is -1.93. The number of aliphatic hydroxyl groups is 1. The van der Waals surface area contributed by atoms with E-state index in [1.54, 1.807) is 0 Å². The van der Waals surface area contributed by atoms with Crippen LogP contribution in [0, 0.1) is 27.6 Å². The quantitative estimate of drug-likeness (QED) is 0.620. The van der Waals surface area contributed by atoms with E-state index in [4.69, 9.17) is 5.11 Å². The van der Waals surface area contributed by atoms with Crippen molar-refractivity contribution in [1.82, 2.24) is 0 Å². The van der Waals surface area contributed by atoms with Crippen molar-refractivity contribution in [1.29, 1.82) is 0 Å². The highest BCUT2D eigenvalue weighted by atomic mass is 19.1. The third-order valence-electron chi connectivity index (χ3n) is 1.70. The molecule has 82 valence electrons. The Balaban J connectivity index is 3.08. The highest BCUT2D eigenvalue weighted by molar-refractivity contribution is 5.23. The Labute approximate surface area is 82.1 Å². The normalized spacial score (nSPS) is 12.5. The minimum absolute atomic E-state index is 0.349. The summed E-state index contributed by atoms with van der Waals surface area (Å²) in [7, 11) is 0. The van der Waals surface area contributed by atoms with E-state index in [1.165, 1.54) is 0 Å². The van der Waals surface area contributed by atoms with Crippen molar-refractivity contribution in [3.63, 3.8) is 0 Å². The lowest BCUT2D eigenvalue weighted by atomic mass is 10.1. The van der Waals surface area contributed by atoms with Gasteiger partial charge >= 0.3 is 0 Å². The first-order valence-corrected chi connectivity index (χ1v) is 3.86. The second kappa shape index (κ2) is 4.26. The van der Waals surface area contributed by atoms with Gasteiger partial charge in [0, 0.05) is 17.1 Å². The molecule has 0 amide bonds. The molecule has 1 N–H and O–H groups in total. The molecule has 0 aliphatic carbocycles. The first-order chi connectivity index (χ1) is 6.91. The first-order valence-electron chi connectivity index (χ1n) is 3.86. The second-order valence-electron chi connectivity index (χ2n) is 2.81.